The number of nitrogens with one attached hydrogen (secondary N) is 1. The van der Waals surface area contributed by atoms with E-state index in [4.69, 9.17) is 4.74 Å². The number of likely N-dealkylation sites (tertiary alicyclic amines) is 1. The van der Waals surface area contributed by atoms with Gasteiger partial charge in [0.1, 0.15) is 0 Å². The smallest absolute Gasteiger partial charge is 0.0477 e. The lowest BCUT2D eigenvalue weighted by Crippen LogP contribution is -2.50. The molecule has 1 aliphatic heterocycles. The molecular weight excluding hydrogens is 200 g/mol. The Balaban J connectivity index is 2.34. The van der Waals surface area contributed by atoms with Gasteiger partial charge in [-0.25, -0.2) is 0 Å². The molecule has 1 aliphatic rings. The highest BCUT2D eigenvalue weighted by Crippen LogP contribution is 2.21. The maximum atomic E-state index is 5.16. The maximum Gasteiger partial charge on any atom is 0.0477 e. The van der Waals surface area contributed by atoms with E-state index < -0.39 is 0 Å². The molecule has 0 saturated carbocycles. The molecule has 1 fully saturated rings. The van der Waals surface area contributed by atoms with Crippen molar-refractivity contribution < 1.29 is 4.74 Å². The molecule has 1 N–H and O–H groups in total. The molecule has 0 aromatic rings. The Morgan fingerprint density at radius 2 is 2.25 bits per heavy atom. The predicted molar refractivity (Wildman–Crippen MR) is 68.8 cm³/mol. The summed E-state index contributed by atoms with van der Waals surface area (Å²) in [6.07, 6.45) is 3.72. The van der Waals surface area contributed by atoms with Gasteiger partial charge in [0.2, 0.25) is 0 Å². The number of piperidine rings is 1. The zero-order chi connectivity index (χ0) is 12.0. The Kier molecular flexibility index (Phi) is 6.32. The summed E-state index contributed by atoms with van der Waals surface area (Å²) in [5.41, 5.74) is 0. The van der Waals surface area contributed by atoms with Crippen molar-refractivity contribution in [2.45, 2.75) is 58.2 Å². The van der Waals surface area contributed by atoms with Crippen molar-refractivity contribution in [2.75, 3.05) is 26.8 Å². The number of nitrogens with zero attached hydrogens (tertiary/aromatic N) is 1. The Morgan fingerprint density at radius 1 is 1.50 bits per heavy atom. The molecule has 0 radical (unpaired) electrons. The summed E-state index contributed by atoms with van der Waals surface area (Å²) in [5, 5.41) is 3.57. The number of rotatable bonds is 6. The van der Waals surface area contributed by atoms with Gasteiger partial charge >= 0.3 is 0 Å². The number of methoxy groups -OCH3 is 1. The zero-order valence-electron chi connectivity index (χ0n) is 11.3. The molecule has 1 saturated heterocycles. The van der Waals surface area contributed by atoms with E-state index in [0.717, 1.165) is 25.6 Å². The van der Waals surface area contributed by atoms with Gasteiger partial charge in [0.05, 0.1) is 0 Å². The molecule has 0 bridgehead atoms. The fourth-order valence-corrected chi connectivity index (χ4v) is 2.77. The van der Waals surface area contributed by atoms with E-state index in [2.05, 4.69) is 31.0 Å². The monoisotopic (exact) mass is 228 g/mol. The van der Waals surface area contributed by atoms with Crippen LogP contribution in [0.3, 0.4) is 0 Å². The van der Waals surface area contributed by atoms with Crippen molar-refractivity contribution in [3.05, 3.63) is 0 Å². The molecule has 3 heteroatoms. The van der Waals surface area contributed by atoms with Gasteiger partial charge in [-0.3, -0.25) is 4.90 Å². The van der Waals surface area contributed by atoms with Crippen LogP contribution in [0.1, 0.15) is 40.0 Å². The Labute approximate surface area is 101 Å². The van der Waals surface area contributed by atoms with E-state index in [0.29, 0.717) is 12.1 Å². The lowest BCUT2D eigenvalue weighted by atomic mass is 9.96. The van der Waals surface area contributed by atoms with Gasteiger partial charge in [-0.05, 0) is 39.7 Å². The van der Waals surface area contributed by atoms with Crippen LogP contribution in [0.25, 0.3) is 0 Å². The standard InChI is InChI=1S/C13H28N2O/c1-5-14-13-6-8-15(12(3)10-13)11(2)7-9-16-4/h11-14H,5-10H2,1-4H3. The quantitative estimate of drug-likeness (QED) is 0.751. The minimum atomic E-state index is 0.650. The molecule has 96 valence electrons. The molecule has 1 heterocycles. The van der Waals surface area contributed by atoms with Crippen LogP contribution >= 0.6 is 0 Å². The van der Waals surface area contributed by atoms with Crippen LogP contribution < -0.4 is 5.32 Å². The lowest BCUT2D eigenvalue weighted by Gasteiger charge is -2.41. The third-order valence-corrected chi connectivity index (χ3v) is 3.73. The van der Waals surface area contributed by atoms with Crippen LogP contribution in [0.2, 0.25) is 0 Å². The average Bonchev–Trinajstić information content (AvgIpc) is 2.26. The molecular formula is C13H28N2O. The van der Waals surface area contributed by atoms with Gasteiger partial charge in [0.25, 0.3) is 0 Å². The van der Waals surface area contributed by atoms with Gasteiger partial charge in [-0.2, -0.15) is 0 Å². The second-order valence-corrected chi connectivity index (χ2v) is 5.00. The zero-order valence-corrected chi connectivity index (χ0v) is 11.3. The highest BCUT2D eigenvalue weighted by molar-refractivity contribution is 4.85. The van der Waals surface area contributed by atoms with Crippen LogP contribution in [0.15, 0.2) is 0 Å². The number of ether oxygens (including phenoxy) is 1. The van der Waals surface area contributed by atoms with Crippen LogP contribution in [0.4, 0.5) is 0 Å². The predicted octanol–water partition coefficient (Wildman–Crippen LogP) is 1.87. The summed E-state index contributed by atoms with van der Waals surface area (Å²) < 4.78 is 5.16. The number of hydrogen-bond acceptors (Lipinski definition) is 3. The van der Waals surface area contributed by atoms with Crippen molar-refractivity contribution in [2.24, 2.45) is 0 Å². The molecule has 0 amide bonds. The van der Waals surface area contributed by atoms with E-state index in [1.54, 1.807) is 7.11 Å². The van der Waals surface area contributed by atoms with Crippen molar-refractivity contribution in [1.82, 2.24) is 10.2 Å². The summed E-state index contributed by atoms with van der Waals surface area (Å²) in [6, 6.07) is 2.08. The van der Waals surface area contributed by atoms with Crippen LogP contribution in [-0.2, 0) is 4.74 Å². The largest absolute Gasteiger partial charge is 0.385 e. The molecule has 16 heavy (non-hydrogen) atoms. The van der Waals surface area contributed by atoms with Crippen molar-refractivity contribution >= 4 is 0 Å². The minimum Gasteiger partial charge on any atom is -0.385 e. The molecule has 3 unspecified atom stereocenters. The maximum absolute atomic E-state index is 5.16. The SMILES string of the molecule is CCNC1CCN(C(C)CCOC)C(C)C1. The Morgan fingerprint density at radius 3 is 2.81 bits per heavy atom. The fraction of sp³-hybridized carbons (Fsp3) is 1.00. The average molecular weight is 228 g/mol. The highest BCUT2D eigenvalue weighted by atomic mass is 16.5. The van der Waals surface area contributed by atoms with Gasteiger partial charge in [0.15, 0.2) is 0 Å². The Bertz CT molecular complexity index is 187. The molecule has 1 rings (SSSR count). The summed E-state index contributed by atoms with van der Waals surface area (Å²) in [5.74, 6) is 0. The second kappa shape index (κ2) is 7.25. The Hall–Kier alpha value is -0.120. The summed E-state index contributed by atoms with van der Waals surface area (Å²) in [7, 11) is 1.79. The van der Waals surface area contributed by atoms with Crippen molar-refractivity contribution in [3.8, 4) is 0 Å². The first kappa shape index (κ1) is 13.9. The molecule has 0 aliphatic carbocycles. The van der Waals surface area contributed by atoms with Crippen LogP contribution in [-0.4, -0.2) is 49.8 Å². The highest BCUT2D eigenvalue weighted by Gasteiger charge is 2.27. The van der Waals surface area contributed by atoms with E-state index in [1.807, 2.05) is 0 Å². The molecule has 0 spiro atoms. The van der Waals surface area contributed by atoms with Crippen LogP contribution in [0, 0.1) is 0 Å². The van der Waals surface area contributed by atoms with Crippen molar-refractivity contribution in [3.63, 3.8) is 0 Å². The summed E-state index contributed by atoms with van der Waals surface area (Å²) in [4.78, 5) is 2.63. The first-order valence-corrected chi connectivity index (χ1v) is 6.67. The lowest BCUT2D eigenvalue weighted by molar-refractivity contribution is 0.0739. The third-order valence-electron chi connectivity index (χ3n) is 3.73. The van der Waals surface area contributed by atoms with Gasteiger partial charge in [-0.1, -0.05) is 6.92 Å². The third kappa shape index (κ3) is 4.04. The summed E-state index contributed by atoms with van der Waals surface area (Å²) >= 11 is 0. The minimum absolute atomic E-state index is 0.650. The topological polar surface area (TPSA) is 24.5 Å². The molecule has 3 atom stereocenters. The van der Waals surface area contributed by atoms with Gasteiger partial charge in [0, 0.05) is 38.4 Å². The normalized spacial score (nSPS) is 29.2. The van der Waals surface area contributed by atoms with Gasteiger partial charge in [-0.15, -0.1) is 0 Å². The van der Waals surface area contributed by atoms with E-state index in [-0.39, 0.29) is 0 Å². The van der Waals surface area contributed by atoms with E-state index in [1.165, 1.54) is 19.4 Å². The van der Waals surface area contributed by atoms with E-state index >= 15 is 0 Å². The van der Waals surface area contributed by atoms with Gasteiger partial charge < -0.3 is 10.1 Å². The first-order chi connectivity index (χ1) is 7.69. The second-order valence-electron chi connectivity index (χ2n) is 5.00. The first-order valence-electron chi connectivity index (χ1n) is 6.67. The van der Waals surface area contributed by atoms with E-state index in [9.17, 15) is 0 Å². The molecule has 0 aromatic heterocycles. The summed E-state index contributed by atoms with van der Waals surface area (Å²) in [6.45, 7) is 10.1. The number of hydrogen-bond donors (Lipinski definition) is 1. The molecule has 0 aromatic carbocycles. The van der Waals surface area contributed by atoms with Crippen LogP contribution in [0.5, 0.6) is 0 Å². The fourth-order valence-electron chi connectivity index (χ4n) is 2.77. The van der Waals surface area contributed by atoms with Crippen molar-refractivity contribution in [1.29, 1.82) is 0 Å². The molecule has 3 nitrogen and oxygen atoms in total.